The quantitative estimate of drug-likeness (QED) is 0.775. The normalized spacial score (nSPS) is 36.2. The molecule has 1 saturated heterocycles. The van der Waals surface area contributed by atoms with Crippen LogP contribution in [0.4, 0.5) is 0 Å². The first-order chi connectivity index (χ1) is 7.21. The van der Waals surface area contributed by atoms with E-state index in [2.05, 4.69) is 18.7 Å². The summed E-state index contributed by atoms with van der Waals surface area (Å²) in [5, 5.41) is 9.92. The maximum atomic E-state index is 9.92. The second-order valence-corrected chi connectivity index (χ2v) is 5.49. The van der Waals surface area contributed by atoms with Crippen molar-refractivity contribution in [3.8, 4) is 0 Å². The average Bonchev–Trinajstić information content (AvgIpc) is 2.84. The lowest BCUT2D eigenvalue weighted by atomic mass is 9.82. The molecule has 2 unspecified atom stereocenters. The molecule has 1 N–H and O–H groups in total. The lowest BCUT2D eigenvalue weighted by molar-refractivity contribution is 0.0763. The van der Waals surface area contributed by atoms with Gasteiger partial charge in [-0.2, -0.15) is 0 Å². The Morgan fingerprint density at radius 2 is 2.00 bits per heavy atom. The van der Waals surface area contributed by atoms with E-state index in [0.717, 1.165) is 6.42 Å². The highest BCUT2D eigenvalue weighted by atomic mass is 16.3. The predicted octanol–water partition coefficient (Wildman–Crippen LogP) is 2.41. The van der Waals surface area contributed by atoms with E-state index in [4.69, 9.17) is 0 Å². The Bertz CT molecular complexity index is 213. The molecule has 2 nitrogen and oxygen atoms in total. The van der Waals surface area contributed by atoms with Crippen LogP contribution in [0, 0.1) is 5.41 Å². The van der Waals surface area contributed by atoms with Crippen molar-refractivity contribution in [1.29, 1.82) is 0 Å². The minimum Gasteiger partial charge on any atom is -0.391 e. The van der Waals surface area contributed by atoms with E-state index in [9.17, 15) is 5.11 Å². The van der Waals surface area contributed by atoms with Crippen LogP contribution in [-0.2, 0) is 0 Å². The van der Waals surface area contributed by atoms with Crippen LogP contribution in [-0.4, -0.2) is 35.2 Å². The summed E-state index contributed by atoms with van der Waals surface area (Å²) in [6.45, 7) is 7.07. The van der Waals surface area contributed by atoms with Gasteiger partial charge in [0.25, 0.3) is 0 Å². The van der Waals surface area contributed by atoms with Crippen LogP contribution in [0.2, 0.25) is 0 Å². The summed E-state index contributed by atoms with van der Waals surface area (Å²) in [6, 6.07) is 0.477. The first-order valence-corrected chi connectivity index (χ1v) is 6.63. The summed E-state index contributed by atoms with van der Waals surface area (Å²) in [4.78, 5) is 2.56. The zero-order chi connectivity index (χ0) is 10.9. The number of hydrogen-bond acceptors (Lipinski definition) is 2. The number of likely N-dealkylation sites (tertiary alicyclic amines) is 1. The fourth-order valence-electron chi connectivity index (χ4n) is 3.43. The molecule has 88 valence electrons. The molecule has 2 rings (SSSR count). The SMILES string of the molecule is CCC1(CC)CCN(C2CCCC2O)C1. The molecule has 1 aliphatic carbocycles. The Balaban J connectivity index is 1.97. The van der Waals surface area contributed by atoms with Crippen molar-refractivity contribution in [3.05, 3.63) is 0 Å². The van der Waals surface area contributed by atoms with E-state index in [1.54, 1.807) is 0 Å². The lowest BCUT2D eigenvalue weighted by Gasteiger charge is -2.30. The minimum atomic E-state index is -0.0467. The van der Waals surface area contributed by atoms with Gasteiger partial charge in [0.2, 0.25) is 0 Å². The molecule has 0 aromatic heterocycles. The van der Waals surface area contributed by atoms with E-state index in [-0.39, 0.29) is 6.10 Å². The largest absolute Gasteiger partial charge is 0.391 e. The molecule has 0 bridgehead atoms. The van der Waals surface area contributed by atoms with Gasteiger partial charge in [-0.15, -0.1) is 0 Å². The molecular formula is C13H25NO. The van der Waals surface area contributed by atoms with Gasteiger partial charge >= 0.3 is 0 Å². The maximum absolute atomic E-state index is 9.92. The summed E-state index contributed by atoms with van der Waals surface area (Å²) >= 11 is 0. The number of aliphatic hydroxyl groups is 1. The van der Waals surface area contributed by atoms with Crippen LogP contribution in [0.5, 0.6) is 0 Å². The number of hydrogen-bond donors (Lipinski definition) is 1. The molecule has 0 aromatic carbocycles. The summed E-state index contributed by atoms with van der Waals surface area (Å²) in [5.74, 6) is 0. The summed E-state index contributed by atoms with van der Waals surface area (Å²) in [7, 11) is 0. The van der Waals surface area contributed by atoms with Gasteiger partial charge in [0.15, 0.2) is 0 Å². The van der Waals surface area contributed by atoms with Crippen LogP contribution < -0.4 is 0 Å². The zero-order valence-corrected chi connectivity index (χ0v) is 10.2. The number of aliphatic hydroxyl groups excluding tert-OH is 1. The second kappa shape index (κ2) is 4.42. The molecule has 0 amide bonds. The van der Waals surface area contributed by atoms with Gasteiger partial charge in [-0.25, -0.2) is 0 Å². The topological polar surface area (TPSA) is 23.5 Å². The van der Waals surface area contributed by atoms with Gasteiger partial charge in [0, 0.05) is 12.6 Å². The fraction of sp³-hybridized carbons (Fsp3) is 1.00. The monoisotopic (exact) mass is 211 g/mol. The van der Waals surface area contributed by atoms with Crippen molar-refractivity contribution in [2.75, 3.05) is 13.1 Å². The number of rotatable bonds is 3. The fourth-order valence-corrected chi connectivity index (χ4v) is 3.43. The Kier molecular flexibility index (Phi) is 3.36. The van der Waals surface area contributed by atoms with Crippen molar-refractivity contribution >= 4 is 0 Å². The van der Waals surface area contributed by atoms with Crippen molar-refractivity contribution in [2.45, 2.75) is 64.5 Å². The lowest BCUT2D eigenvalue weighted by Crippen LogP contribution is -2.40. The van der Waals surface area contributed by atoms with Crippen LogP contribution in [0.3, 0.4) is 0 Å². The van der Waals surface area contributed by atoms with Gasteiger partial charge in [-0.1, -0.05) is 13.8 Å². The number of nitrogens with zero attached hydrogens (tertiary/aromatic N) is 1. The first kappa shape index (κ1) is 11.4. The molecule has 1 heterocycles. The van der Waals surface area contributed by atoms with Crippen molar-refractivity contribution < 1.29 is 5.11 Å². The van der Waals surface area contributed by atoms with Crippen LogP contribution in [0.15, 0.2) is 0 Å². The Morgan fingerprint density at radius 1 is 1.27 bits per heavy atom. The Morgan fingerprint density at radius 3 is 2.47 bits per heavy atom. The second-order valence-electron chi connectivity index (χ2n) is 5.49. The van der Waals surface area contributed by atoms with Crippen LogP contribution >= 0.6 is 0 Å². The summed E-state index contributed by atoms with van der Waals surface area (Å²) in [5.41, 5.74) is 0.558. The molecule has 2 heteroatoms. The summed E-state index contributed by atoms with van der Waals surface area (Å²) < 4.78 is 0. The van der Waals surface area contributed by atoms with Crippen molar-refractivity contribution in [2.24, 2.45) is 5.41 Å². The first-order valence-electron chi connectivity index (χ1n) is 6.63. The van der Waals surface area contributed by atoms with E-state index in [0.29, 0.717) is 11.5 Å². The van der Waals surface area contributed by atoms with Gasteiger partial charge in [-0.3, -0.25) is 4.90 Å². The van der Waals surface area contributed by atoms with Crippen molar-refractivity contribution in [1.82, 2.24) is 4.90 Å². The third-order valence-corrected chi connectivity index (χ3v) is 4.88. The molecular weight excluding hydrogens is 186 g/mol. The maximum Gasteiger partial charge on any atom is 0.0695 e. The average molecular weight is 211 g/mol. The highest BCUT2D eigenvalue weighted by Gasteiger charge is 2.40. The molecule has 2 aliphatic rings. The molecule has 0 spiro atoms. The molecule has 1 aliphatic heterocycles. The van der Waals surface area contributed by atoms with E-state index in [1.165, 1.54) is 45.2 Å². The standard InChI is InChI=1S/C13H25NO/c1-3-13(4-2)8-9-14(10-13)11-6-5-7-12(11)15/h11-12,15H,3-10H2,1-2H3. The third kappa shape index (κ3) is 2.07. The minimum absolute atomic E-state index is 0.0467. The van der Waals surface area contributed by atoms with E-state index in [1.807, 2.05) is 0 Å². The Labute approximate surface area is 93.7 Å². The zero-order valence-electron chi connectivity index (χ0n) is 10.2. The molecule has 1 saturated carbocycles. The smallest absolute Gasteiger partial charge is 0.0695 e. The van der Waals surface area contributed by atoms with Gasteiger partial charge < -0.3 is 5.11 Å². The predicted molar refractivity (Wildman–Crippen MR) is 62.9 cm³/mol. The van der Waals surface area contributed by atoms with Gasteiger partial charge in [0.1, 0.15) is 0 Å². The molecule has 0 radical (unpaired) electrons. The van der Waals surface area contributed by atoms with Crippen LogP contribution in [0.1, 0.15) is 52.4 Å². The highest BCUT2D eigenvalue weighted by molar-refractivity contribution is 4.94. The van der Waals surface area contributed by atoms with E-state index < -0.39 is 0 Å². The van der Waals surface area contributed by atoms with Crippen LogP contribution in [0.25, 0.3) is 0 Å². The summed E-state index contributed by atoms with van der Waals surface area (Å²) in [6.07, 6.45) is 7.33. The molecule has 15 heavy (non-hydrogen) atoms. The van der Waals surface area contributed by atoms with Gasteiger partial charge in [0.05, 0.1) is 6.10 Å². The Hall–Kier alpha value is -0.0800. The molecule has 2 fully saturated rings. The van der Waals surface area contributed by atoms with Crippen molar-refractivity contribution in [3.63, 3.8) is 0 Å². The highest BCUT2D eigenvalue weighted by Crippen LogP contribution is 2.40. The van der Waals surface area contributed by atoms with E-state index >= 15 is 0 Å². The third-order valence-electron chi connectivity index (χ3n) is 4.88. The molecule has 2 atom stereocenters. The molecule has 0 aromatic rings. The van der Waals surface area contributed by atoms with Gasteiger partial charge in [-0.05, 0) is 50.5 Å².